The van der Waals surface area contributed by atoms with Gasteiger partial charge in [0.05, 0.1) is 11.4 Å². The third-order valence-corrected chi connectivity index (χ3v) is 5.96. The molecule has 1 aliphatic heterocycles. The van der Waals surface area contributed by atoms with E-state index in [0.717, 1.165) is 12.1 Å². The van der Waals surface area contributed by atoms with Gasteiger partial charge in [0.1, 0.15) is 24.5 Å². The van der Waals surface area contributed by atoms with Gasteiger partial charge in [-0.1, -0.05) is 0 Å². The van der Waals surface area contributed by atoms with Crippen molar-refractivity contribution in [3.8, 4) is 0 Å². The third kappa shape index (κ3) is 3.85. The standard InChI is InChI=1S/C15H18FN5O3S/c16-12-3-5-13(6-4-12)25(23,24)21-8-1-2-14(21)15(22)18-7-9-20-11-17-10-19-20/h3-6,10-11,14H,1-2,7-9H2,(H,18,22). The van der Waals surface area contributed by atoms with E-state index in [4.69, 9.17) is 0 Å². The quantitative estimate of drug-likeness (QED) is 0.796. The van der Waals surface area contributed by atoms with E-state index in [-0.39, 0.29) is 17.3 Å². The second kappa shape index (κ2) is 7.28. The third-order valence-electron chi connectivity index (χ3n) is 4.03. The van der Waals surface area contributed by atoms with Crippen LogP contribution in [0.2, 0.25) is 0 Å². The zero-order valence-corrected chi connectivity index (χ0v) is 14.2. The monoisotopic (exact) mass is 367 g/mol. The van der Waals surface area contributed by atoms with Crippen LogP contribution in [-0.4, -0.2) is 52.5 Å². The van der Waals surface area contributed by atoms with E-state index in [0.29, 0.717) is 25.9 Å². The van der Waals surface area contributed by atoms with Gasteiger partial charge in [0.15, 0.2) is 0 Å². The smallest absolute Gasteiger partial charge is 0.243 e. The number of nitrogens with one attached hydrogen (secondary N) is 1. The van der Waals surface area contributed by atoms with E-state index in [1.54, 1.807) is 4.68 Å². The maximum Gasteiger partial charge on any atom is 0.243 e. The van der Waals surface area contributed by atoms with Gasteiger partial charge in [-0.15, -0.1) is 0 Å². The number of amides is 1. The first kappa shape index (κ1) is 17.5. The lowest BCUT2D eigenvalue weighted by atomic mass is 10.2. The Balaban J connectivity index is 1.66. The summed E-state index contributed by atoms with van der Waals surface area (Å²) < 4.78 is 41.2. The predicted octanol–water partition coefficient (Wildman–Crippen LogP) is 0.387. The lowest BCUT2D eigenvalue weighted by Gasteiger charge is -2.23. The highest BCUT2D eigenvalue weighted by atomic mass is 32.2. The highest BCUT2D eigenvalue weighted by molar-refractivity contribution is 7.89. The first-order chi connectivity index (χ1) is 12.0. The fourth-order valence-electron chi connectivity index (χ4n) is 2.79. The molecule has 8 nitrogen and oxygen atoms in total. The fraction of sp³-hybridized carbons (Fsp3) is 0.400. The number of carbonyl (C=O) groups is 1. The summed E-state index contributed by atoms with van der Waals surface area (Å²) >= 11 is 0. The number of benzene rings is 1. The minimum Gasteiger partial charge on any atom is -0.353 e. The van der Waals surface area contributed by atoms with Gasteiger partial charge in [-0.2, -0.15) is 9.40 Å². The predicted molar refractivity (Wildman–Crippen MR) is 86.3 cm³/mol. The van der Waals surface area contributed by atoms with Crippen molar-refractivity contribution in [2.75, 3.05) is 13.1 Å². The molecule has 0 radical (unpaired) electrons. The Labute approximate surface area is 144 Å². The molecule has 0 spiro atoms. The van der Waals surface area contributed by atoms with Crippen LogP contribution < -0.4 is 5.32 Å². The van der Waals surface area contributed by atoms with Gasteiger partial charge in [0.2, 0.25) is 15.9 Å². The minimum atomic E-state index is -3.84. The van der Waals surface area contributed by atoms with Crippen LogP contribution in [-0.2, 0) is 21.4 Å². The molecule has 1 atom stereocenters. The van der Waals surface area contributed by atoms with Gasteiger partial charge in [-0.25, -0.2) is 17.8 Å². The van der Waals surface area contributed by atoms with Crippen molar-refractivity contribution >= 4 is 15.9 Å². The van der Waals surface area contributed by atoms with Crippen LogP contribution in [0.1, 0.15) is 12.8 Å². The Morgan fingerprint density at radius 3 is 2.76 bits per heavy atom. The summed E-state index contributed by atoms with van der Waals surface area (Å²) in [4.78, 5) is 16.2. The number of sulfonamides is 1. The Morgan fingerprint density at radius 1 is 1.32 bits per heavy atom. The fourth-order valence-corrected chi connectivity index (χ4v) is 4.45. The molecule has 0 aliphatic carbocycles. The van der Waals surface area contributed by atoms with E-state index in [1.165, 1.54) is 29.1 Å². The average molecular weight is 367 g/mol. The van der Waals surface area contributed by atoms with Gasteiger partial charge >= 0.3 is 0 Å². The van der Waals surface area contributed by atoms with Gasteiger partial charge in [-0.3, -0.25) is 9.48 Å². The number of nitrogens with zero attached hydrogens (tertiary/aromatic N) is 4. The molecule has 3 rings (SSSR count). The topological polar surface area (TPSA) is 97.2 Å². The SMILES string of the molecule is O=C(NCCn1cncn1)C1CCCN1S(=O)(=O)c1ccc(F)cc1. The lowest BCUT2D eigenvalue weighted by molar-refractivity contribution is -0.124. The van der Waals surface area contributed by atoms with Gasteiger partial charge in [0, 0.05) is 13.1 Å². The summed E-state index contributed by atoms with van der Waals surface area (Å²) in [6.45, 7) is 1.03. The summed E-state index contributed by atoms with van der Waals surface area (Å²) in [7, 11) is -3.84. The number of rotatable bonds is 6. The normalized spacial score (nSPS) is 18.4. The molecule has 1 saturated heterocycles. The largest absolute Gasteiger partial charge is 0.353 e. The van der Waals surface area contributed by atoms with E-state index < -0.39 is 21.9 Å². The Kier molecular flexibility index (Phi) is 5.09. The number of aromatic nitrogens is 3. The number of hydrogen-bond acceptors (Lipinski definition) is 5. The van der Waals surface area contributed by atoms with Crippen molar-refractivity contribution in [3.63, 3.8) is 0 Å². The molecule has 1 amide bonds. The Bertz CT molecular complexity index is 823. The molecule has 1 aromatic heterocycles. The molecule has 1 aliphatic rings. The molecule has 2 heterocycles. The van der Waals surface area contributed by atoms with Gasteiger partial charge in [0.25, 0.3) is 0 Å². The molecule has 0 bridgehead atoms. The van der Waals surface area contributed by atoms with Crippen LogP contribution in [0, 0.1) is 5.82 Å². The zero-order valence-electron chi connectivity index (χ0n) is 13.4. The highest BCUT2D eigenvalue weighted by Gasteiger charge is 2.39. The van der Waals surface area contributed by atoms with Crippen LogP contribution in [0.4, 0.5) is 4.39 Å². The van der Waals surface area contributed by atoms with E-state index in [2.05, 4.69) is 15.4 Å². The van der Waals surface area contributed by atoms with Crippen LogP contribution in [0.5, 0.6) is 0 Å². The van der Waals surface area contributed by atoms with Crippen molar-refractivity contribution < 1.29 is 17.6 Å². The van der Waals surface area contributed by atoms with E-state index in [9.17, 15) is 17.6 Å². The maximum absolute atomic E-state index is 13.0. The lowest BCUT2D eigenvalue weighted by Crippen LogP contribution is -2.46. The molecule has 1 unspecified atom stereocenters. The molecular formula is C15H18FN5O3S. The van der Waals surface area contributed by atoms with Crippen molar-refractivity contribution in [2.24, 2.45) is 0 Å². The second-order valence-corrected chi connectivity index (χ2v) is 7.57. The molecule has 2 aromatic rings. The summed E-state index contributed by atoms with van der Waals surface area (Å²) in [5.74, 6) is -0.855. The van der Waals surface area contributed by atoms with Crippen molar-refractivity contribution in [2.45, 2.75) is 30.3 Å². The number of halogens is 1. The summed E-state index contributed by atoms with van der Waals surface area (Å²) in [5.41, 5.74) is 0. The Morgan fingerprint density at radius 2 is 2.08 bits per heavy atom. The summed E-state index contributed by atoms with van der Waals surface area (Å²) in [6.07, 6.45) is 3.99. The van der Waals surface area contributed by atoms with Crippen LogP contribution in [0.3, 0.4) is 0 Å². The maximum atomic E-state index is 13.0. The van der Waals surface area contributed by atoms with Crippen molar-refractivity contribution in [1.29, 1.82) is 0 Å². The molecular weight excluding hydrogens is 349 g/mol. The van der Waals surface area contributed by atoms with Crippen molar-refractivity contribution in [3.05, 3.63) is 42.7 Å². The molecule has 134 valence electrons. The second-order valence-electron chi connectivity index (χ2n) is 5.68. The average Bonchev–Trinajstić information content (AvgIpc) is 3.27. The van der Waals surface area contributed by atoms with Crippen LogP contribution in [0.15, 0.2) is 41.8 Å². The minimum absolute atomic E-state index is 0.0174. The molecule has 10 heteroatoms. The van der Waals surface area contributed by atoms with E-state index >= 15 is 0 Å². The Hall–Kier alpha value is -2.33. The first-order valence-electron chi connectivity index (χ1n) is 7.86. The molecule has 0 saturated carbocycles. The summed E-state index contributed by atoms with van der Waals surface area (Å²) in [6, 6.07) is 3.85. The number of carbonyl (C=O) groups excluding carboxylic acids is 1. The summed E-state index contributed by atoms with van der Waals surface area (Å²) in [5, 5.41) is 6.66. The first-order valence-corrected chi connectivity index (χ1v) is 9.30. The van der Waals surface area contributed by atoms with Crippen LogP contribution in [0.25, 0.3) is 0 Å². The van der Waals surface area contributed by atoms with Gasteiger partial charge in [-0.05, 0) is 37.1 Å². The molecule has 1 fully saturated rings. The molecule has 1 N–H and O–H groups in total. The highest BCUT2D eigenvalue weighted by Crippen LogP contribution is 2.26. The van der Waals surface area contributed by atoms with Crippen LogP contribution >= 0.6 is 0 Å². The molecule has 25 heavy (non-hydrogen) atoms. The van der Waals surface area contributed by atoms with E-state index in [1.807, 2.05) is 0 Å². The number of hydrogen-bond donors (Lipinski definition) is 1. The molecule has 1 aromatic carbocycles. The zero-order chi connectivity index (χ0) is 17.9. The van der Waals surface area contributed by atoms with Gasteiger partial charge < -0.3 is 5.32 Å². The van der Waals surface area contributed by atoms with Crippen molar-refractivity contribution in [1.82, 2.24) is 24.4 Å².